The molecule has 0 aliphatic carbocycles. The quantitative estimate of drug-likeness (QED) is 0.648. The predicted molar refractivity (Wildman–Crippen MR) is 87.6 cm³/mol. The van der Waals surface area contributed by atoms with Crippen LogP contribution < -0.4 is 4.72 Å². The Balaban J connectivity index is 2.35. The predicted octanol–water partition coefficient (Wildman–Crippen LogP) is 3.33. The van der Waals surface area contributed by atoms with Crippen molar-refractivity contribution in [3.05, 3.63) is 69.8 Å². The Morgan fingerprint density at radius 2 is 1.83 bits per heavy atom. The van der Waals surface area contributed by atoms with Gasteiger partial charge in [-0.1, -0.05) is 43.3 Å². The highest BCUT2D eigenvalue weighted by Crippen LogP contribution is 2.24. The third kappa shape index (κ3) is 3.94. The van der Waals surface area contributed by atoms with E-state index in [0.29, 0.717) is 12.0 Å². The number of nitro groups is 1. The first-order chi connectivity index (χ1) is 10.8. The Morgan fingerprint density at radius 1 is 1.17 bits per heavy atom. The lowest BCUT2D eigenvalue weighted by Gasteiger charge is -2.17. The fourth-order valence-electron chi connectivity index (χ4n) is 2.28. The van der Waals surface area contributed by atoms with Crippen LogP contribution in [0.15, 0.2) is 53.4 Å². The number of nitrogens with one attached hydrogen (secondary N) is 1. The van der Waals surface area contributed by atoms with Crippen LogP contribution in [-0.4, -0.2) is 13.3 Å². The normalized spacial score (nSPS) is 12.8. The molecule has 0 radical (unpaired) electrons. The Hall–Kier alpha value is -2.25. The molecular formula is C16H18N2O4S. The molecule has 0 amide bonds. The van der Waals surface area contributed by atoms with E-state index in [1.165, 1.54) is 12.1 Å². The van der Waals surface area contributed by atoms with Crippen molar-refractivity contribution in [1.29, 1.82) is 0 Å². The minimum Gasteiger partial charge on any atom is -0.258 e. The highest BCUT2D eigenvalue weighted by atomic mass is 32.2. The van der Waals surface area contributed by atoms with Gasteiger partial charge < -0.3 is 0 Å². The molecule has 0 saturated heterocycles. The van der Waals surface area contributed by atoms with E-state index in [9.17, 15) is 18.5 Å². The van der Waals surface area contributed by atoms with E-state index < -0.39 is 14.9 Å². The average Bonchev–Trinajstić information content (AvgIpc) is 2.53. The molecular weight excluding hydrogens is 316 g/mol. The van der Waals surface area contributed by atoms with Gasteiger partial charge in [0.05, 0.1) is 9.82 Å². The second kappa shape index (κ2) is 6.89. The second-order valence-corrected chi connectivity index (χ2v) is 6.91. The molecule has 0 aliphatic heterocycles. The molecule has 7 heteroatoms. The molecule has 0 saturated carbocycles. The summed E-state index contributed by atoms with van der Waals surface area (Å²) in [6.45, 7) is 3.44. The van der Waals surface area contributed by atoms with Crippen molar-refractivity contribution in [2.75, 3.05) is 0 Å². The lowest BCUT2D eigenvalue weighted by atomic mass is 10.1. The topological polar surface area (TPSA) is 89.3 Å². The maximum Gasteiger partial charge on any atom is 0.273 e. The van der Waals surface area contributed by atoms with Crippen LogP contribution in [0, 0.1) is 17.0 Å². The molecule has 2 aromatic carbocycles. The van der Waals surface area contributed by atoms with Crippen molar-refractivity contribution in [3.63, 3.8) is 0 Å². The molecule has 23 heavy (non-hydrogen) atoms. The summed E-state index contributed by atoms with van der Waals surface area (Å²) in [5, 5.41) is 11.0. The molecule has 2 aromatic rings. The van der Waals surface area contributed by atoms with E-state index in [2.05, 4.69) is 4.72 Å². The van der Waals surface area contributed by atoms with Crippen molar-refractivity contribution < 1.29 is 13.3 Å². The molecule has 2 rings (SSSR count). The van der Waals surface area contributed by atoms with E-state index in [4.69, 9.17) is 0 Å². The monoisotopic (exact) mass is 334 g/mol. The Morgan fingerprint density at radius 3 is 2.39 bits per heavy atom. The smallest absolute Gasteiger partial charge is 0.258 e. The van der Waals surface area contributed by atoms with Gasteiger partial charge >= 0.3 is 0 Å². The van der Waals surface area contributed by atoms with Crippen molar-refractivity contribution in [1.82, 2.24) is 4.72 Å². The fourth-order valence-corrected chi connectivity index (χ4v) is 3.61. The number of rotatable bonds is 6. The molecule has 0 bridgehead atoms. The number of benzene rings is 2. The Kier molecular flexibility index (Phi) is 5.12. The number of hydrogen-bond acceptors (Lipinski definition) is 4. The maximum atomic E-state index is 12.5. The van der Waals surface area contributed by atoms with Gasteiger partial charge in [0.25, 0.3) is 5.69 Å². The van der Waals surface area contributed by atoms with Crippen LogP contribution in [0.5, 0.6) is 0 Å². The van der Waals surface area contributed by atoms with Gasteiger partial charge in [-0.3, -0.25) is 10.1 Å². The fraction of sp³-hybridized carbons (Fsp3) is 0.250. The molecule has 0 aromatic heterocycles. The third-order valence-electron chi connectivity index (χ3n) is 3.60. The number of aryl methyl sites for hydroxylation is 1. The molecule has 122 valence electrons. The first kappa shape index (κ1) is 17.1. The van der Waals surface area contributed by atoms with Crippen LogP contribution in [0.25, 0.3) is 0 Å². The molecule has 0 spiro atoms. The van der Waals surface area contributed by atoms with E-state index in [1.807, 2.05) is 37.3 Å². The molecule has 1 N–H and O–H groups in total. The average molecular weight is 334 g/mol. The summed E-state index contributed by atoms with van der Waals surface area (Å²) in [5.74, 6) is 0. The van der Waals surface area contributed by atoms with Crippen LogP contribution in [0.1, 0.15) is 30.5 Å². The zero-order chi connectivity index (χ0) is 17.0. The van der Waals surface area contributed by atoms with Crippen LogP contribution in [0.3, 0.4) is 0 Å². The molecule has 0 heterocycles. The zero-order valence-electron chi connectivity index (χ0n) is 12.9. The first-order valence-corrected chi connectivity index (χ1v) is 8.65. The Bertz CT molecular complexity index is 804. The van der Waals surface area contributed by atoms with Crippen LogP contribution in [0.4, 0.5) is 5.69 Å². The van der Waals surface area contributed by atoms with E-state index in [1.54, 1.807) is 6.92 Å². The first-order valence-electron chi connectivity index (χ1n) is 7.17. The van der Waals surface area contributed by atoms with Gasteiger partial charge in [-0.25, -0.2) is 13.1 Å². The Labute approximate surface area is 135 Å². The molecule has 6 nitrogen and oxygen atoms in total. The van der Waals surface area contributed by atoms with Crippen molar-refractivity contribution in [2.45, 2.75) is 31.2 Å². The minimum atomic E-state index is -3.85. The number of nitro benzene ring substituents is 1. The lowest BCUT2D eigenvalue weighted by Crippen LogP contribution is -2.28. The number of sulfonamides is 1. The lowest BCUT2D eigenvalue weighted by molar-refractivity contribution is -0.385. The highest BCUT2D eigenvalue weighted by Gasteiger charge is 2.23. The summed E-state index contributed by atoms with van der Waals surface area (Å²) < 4.78 is 27.7. The summed E-state index contributed by atoms with van der Waals surface area (Å²) in [4.78, 5) is 10.3. The van der Waals surface area contributed by atoms with Gasteiger partial charge in [-0.05, 0) is 25.0 Å². The second-order valence-electron chi connectivity index (χ2n) is 5.20. The maximum absolute atomic E-state index is 12.5. The minimum absolute atomic E-state index is 0.107. The van der Waals surface area contributed by atoms with Gasteiger partial charge in [-0.15, -0.1) is 0 Å². The summed E-state index contributed by atoms with van der Waals surface area (Å²) >= 11 is 0. The van der Waals surface area contributed by atoms with Crippen LogP contribution in [0.2, 0.25) is 0 Å². The third-order valence-corrected chi connectivity index (χ3v) is 5.06. The summed E-state index contributed by atoms with van der Waals surface area (Å²) in [6.07, 6.45) is 0.567. The number of nitrogens with zero attached hydrogens (tertiary/aromatic N) is 1. The summed E-state index contributed by atoms with van der Waals surface area (Å²) in [7, 11) is -3.85. The standard InChI is InChI=1S/C16H18N2O4S/c1-3-15(13-7-5-4-6-8-13)17-23(21,22)14-10-9-12(2)16(11-14)18(19)20/h4-11,15,17H,3H2,1-2H3/t15-/m1/s1. The van der Waals surface area contributed by atoms with Gasteiger partial charge in [-0.2, -0.15) is 0 Å². The van der Waals surface area contributed by atoms with E-state index >= 15 is 0 Å². The summed E-state index contributed by atoms with van der Waals surface area (Å²) in [6, 6.07) is 12.7. The van der Waals surface area contributed by atoms with Crippen LogP contribution >= 0.6 is 0 Å². The molecule has 0 fully saturated rings. The van der Waals surface area contributed by atoms with Crippen LogP contribution in [-0.2, 0) is 10.0 Å². The van der Waals surface area contributed by atoms with Gasteiger partial charge in [0.15, 0.2) is 0 Å². The van der Waals surface area contributed by atoms with Gasteiger partial charge in [0.1, 0.15) is 0 Å². The largest absolute Gasteiger partial charge is 0.273 e. The van der Waals surface area contributed by atoms with Crippen molar-refractivity contribution in [3.8, 4) is 0 Å². The van der Waals surface area contributed by atoms with E-state index in [-0.39, 0.29) is 16.6 Å². The molecule has 0 unspecified atom stereocenters. The van der Waals surface area contributed by atoms with Crippen molar-refractivity contribution >= 4 is 15.7 Å². The zero-order valence-corrected chi connectivity index (χ0v) is 13.7. The van der Waals surface area contributed by atoms with E-state index in [0.717, 1.165) is 11.6 Å². The summed E-state index contributed by atoms with van der Waals surface area (Å²) in [5.41, 5.74) is 1.06. The highest BCUT2D eigenvalue weighted by molar-refractivity contribution is 7.89. The SMILES string of the molecule is CC[C@@H](NS(=O)(=O)c1ccc(C)c([N+](=O)[O-])c1)c1ccccc1. The molecule has 1 atom stereocenters. The number of hydrogen-bond donors (Lipinski definition) is 1. The van der Waals surface area contributed by atoms with Crippen molar-refractivity contribution in [2.24, 2.45) is 0 Å². The van der Waals surface area contributed by atoms with Gasteiger partial charge in [0.2, 0.25) is 10.0 Å². The molecule has 0 aliphatic rings. The van der Waals surface area contributed by atoms with Gasteiger partial charge in [0, 0.05) is 17.7 Å².